The Morgan fingerprint density at radius 1 is 1.29 bits per heavy atom. The number of unbranched alkanes of at least 4 members (excludes halogenated alkanes) is 1. The van der Waals surface area contributed by atoms with Gasteiger partial charge in [-0.1, -0.05) is 42.4 Å². The fourth-order valence-corrected chi connectivity index (χ4v) is 3.53. The Labute approximate surface area is 166 Å². The molecule has 2 aromatic heterocycles. The summed E-state index contributed by atoms with van der Waals surface area (Å²) in [6, 6.07) is 7.14. The van der Waals surface area contributed by atoms with Crippen molar-refractivity contribution in [2.24, 2.45) is 0 Å². The van der Waals surface area contributed by atoms with Crippen LogP contribution in [-0.2, 0) is 28.2 Å². The minimum atomic E-state index is -0.381. The van der Waals surface area contributed by atoms with Crippen LogP contribution in [0, 0.1) is 0 Å². The van der Waals surface area contributed by atoms with Crippen molar-refractivity contribution in [3.63, 3.8) is 0 Å². The number of hydrogen-bond acceptors (Lipinski definition) is 8. The Balaban J connectivity index is 1.84. The van der Waals surface area contributed by atoms with Crippen molar-refractivity contribution in [2.45, 2.75) is 50.1 Å². The Morgan fingerprint density at radius 2 is 2.11 bits per heavy atom. The molecule has 0 bridgehead atoms. The number of para-hydroxylation sites is 1. The van der Waals surface area contributed by atoms with Crippen molar-refractivity contribution in [3.05, 3.63) is 46.3 Å². The van der Waals surface area contributed by atoms with Gasteiger partial charge in [0.1, 0.15) is 0 Å². The molecule has 9 heteroatoms. The van der Waals surface area contributed by atoms with Gasteiger partial charge in [0, 0.05) is 13.0 Å². The number of rotatable bonds is 9. The molecular weight excluding hydrogens is 380 g/mol. The summed E-state index contributed by atoms with van der Waals surface area (Å²) in [4.78, 5) is 33.4. The molecule has 0 aliphatic rings. The molecule has 0 radical (unpaired) electrons. The third kappa shape index (κ3) is 4.78. The second-order valence-corrected chi connectivity index (χ2v) is 7.13. The number of benzene rings is 1. The summed E-state index contributed by atoms with van der Waals surface area (Å²) in [6.07, 6.45) is 2.94. The normalized spacial score (nSPS) is 11.1. The molecule has 0 fully saturated rings. The van der Waals surface area contributed by atoms with Gasteiger partial charge in [-0.15, -0.1) is 0 Å². The molecule has 28 heavy (non-hydrogen) atoms. The summed E-state index contributed by atoms with van der Waals surface area (Å²) in [5.74, 6) is 1.18. The summed E-state index contributed by atoms with van der Waals surface area (Å²) >= 11 is 1.33. The standard InChI is InChI=1S/C19H22N4O4S/c1-3-4-9-15-21-16(27-22-15)12-28-19-20-14-8-6-5-7-13(14)18(25)23(19)11-10-17(24)26-2/h5-8H,3-4,9-12H2,1-2H3. The number of esters is 1. The number of hydrogen-bond donors (Lipinski definition) is 0. The van der Waals surface area contributed by atoms with Gasteiger partial charge >= 0.3 is 5.97 Å². The quantitative estimate of drug-likeness (QED) is 0.306. The summed E-state index contributed by atoms with van der Waals surface area (Å²) in [5.41, 5.74) is 0.421. The number of carbonyl (C=O) groups is 1. The molecule has 0 aliphatic heterocycles. The molecule has 0 aliphatic carbocycles. The Morgan fingerprint density at radius 3 is 2.89 bits per heavy atom. The SMILES string of the molecule is CCCCc1noc(CSc2nc3ccccc3c(=O)n2CCC(=O)OC)n1. The number of nitrogens with zero attached hydrogens (tertiary/aromatic N) is 4. The van der Waals surface area contributed by atoms with E-state index in [1.807, 2.05) is 6.07 Å². The van der Waals surface area contributed by atoms with Crippen molar-refractivity contribution in [3.8, 4) is 0 Å². The number of ether oxygens (including phenoxy) is 1. The highest BCUT2D eigenvalue weighted by Gasteiger charge is 2.15. The van der Waals surface area contributed by atoms with E-state index in [9.17, 15) is 9.59 Å². The Kier molecular flexibility index (Phi) is 6.80. The maximum Gasteiger partial charge on any atom is 0.307 e. The van der Waals surface area contributed by atoms with Gasteiger partial charge < -0.3 is 9.26 Å². The van der Waals surface area contributed by atoms with Crippen LogP contribution in [0.4, 0.5) is 0 Å². The minimum Gasteiger partial charge on any atom is -0.469 e. The largest absolute Gasteiger partial charge is 0.469 e. The first-order valence-corrected chi connectivity index (χ1v) is 10.1. The van der Waals surface area contributed by atoms with Crippen molar-refractivity contribution in [1.82, 2.24) is 19.7 Å². The van der Waals surface area contributed by atoms with Crippen molar-refractivity contribution >= 4 is 28.6 Å². The van der Waals surface area contributed by atoms with Crippen LogP contribution in [0.15, 0.2) is 38.7 Å². The van der Waals surface area contributed by atoms with Crippen LogP contribution in [0.25, 0.3) is 10.9 Å². The number of carbonyl (C=O) groups excluding carboxylic acids is 1. The lowest BCUT2D eigenvalue weighted by Gasteiger charge is -2.12. The van der Waals surface area contributed by atoms with Crippen molar-refractivity contribution in [2.75, 3.05) is 7.11 Å². The number of aromatic nitrogens is 4. The van der Waals surface area contributed by atoms with E-state index in [4.69, 9.17) is 4.52 Å². The molecule has 2 heterocycles. The van der Waals surface area contributed by atoms with E-state index >= 15 is 0 Å². The zero-order chi connectivity index (χ0) is 19.9. The lowest BCUT2D eigenvalue weighted by molar-refractivity contribution is -0.140. The molecule has 0 atom stereocenters. The second kappa shape index (κ2) is 9.50. The maximum atomic E-state index is 12.9. The van der Waals surface area contributed by atoms with E-state index in [0.29, 0.717) is 33.5 Å². The second-order valence-electron chi connectivity index (χ2n) is 6.19. The first kappa shape index (κ1) is 20.1. The van der Waals surface area contributed by atoms with Gasteiger partial charge in [-0.3, -0.25) is 14.2 Å². The van der Waals surface area contributed by atoms with E-state index in [2.05, 4.69) is 26.8 Å². The zero-order valence-corrected chi connectivity index (χ0v) is 16.7. The number of methoxy groups -OCH3 is 1. The lowest BCUT2D eigenvalue weighted by atomic mass is 10.2. The smallest absolute Gasteiger partial charge is 0.307 e. The first-order chi connectivity index (χ1) is 13.6. The van der Waals surface area contributed by atoms with E-state index in [1.54, 1.807) is 18.2 Å². The topological polar surface area (TPSA) is 100 Å². The third-order valence-electron chi connectivity index (χ3n) is 4.18. The lowest BCUT2D eigenvalue weighted by Crippen LogP contribution is -2.24. The summed E-state index contributed by atoms with van der Waals surface area (Å²) in [7, 11) is 1.32. The molecular formula is C19H22N4O4S. The van der Waals surface area contributed by atoms with E-state index in [0.717, 1.165) is 19.3 Å². The van der Waals surface area contributed by atoms with Crippen LogP contribution in [0.3, 0.4) is 0 Å². The number of thioether (sulfide) groups is 1. The van der Waals surface area contributed by atoms with Crippen LogP contribution in [0.1, 0.15) is 37.9 Å². The molecule has 0 saturated heterocycles. The maximum absolute atomic E-state index is 12.9. The van der Waals surface area contributed by atoms with Crippen LogP contribution in [0.5, 0.6) is 0 Å². The summed E-state index contributed by atoms with van der Waals surface area (Å²) in [5, 5.41) is 4.99. The predicted molar refractivity (Wildman–Crippen MR) is 105 cm³/mol. The molecule has 0 N–H and O–H groups in total. The highest BCUT2D eigenvalue weighted by atomic mass is 32.2. The fourth-order valence-electron chi connectivity index (χ4n) is 2.67. The first-order valence-electron chi connectivity index (χ1n) is 9.13. The van der Waals surface area contributed by atoms with Gasteiger partial charge in [0.05, 0.1) is 30.2 Å². The number of fused-ring (bicyclic) bond motifs is 1. The Bertz CT molecular complexity index is 1010. The summed E-state index contributed by atoms with van der Waals surface area (Å²) in [6.45, 7) is 2.30. The molecule has 0 amide bonds. The average molecular weight is 402 g/mol. The van der Waals surface area contributed by atoms with Gasteiger partial charge in [0.2, 0.25) is 5.89 Å². The number of aryl methyl sites for hydroxylation is 1. The zero-order valence-electron chi connectivity index (χ0n) is 15.9. The average Bonchev–Trinajstić information content (AvgIpc) is 3.17. The minimum absolute atomic E-state index is 0.0890. The van der Waals surface area contributed by atoms with E-state index in [1.165, 1.54) is 23.4 Å². The molecule has 1 aromatic carbocycles. The molecule has 0 unspecified atom stereocenters. The molecule has 3 rings (SSSR count). The summed E-state index contributed by atoms with van der Waals surface area (Å²) < 4.78 is 11.5. The molecule has 3 aromatic rings. The van der Waals surface area contributed by atoms with Crippen LogP contribution in [-0.4, -0.2) is 32.8 Å². The van der Waals surface area contributed by atoms with Crippen LogP contribution < -0.4 is 5.56 Å². The van der Waals surface area contributed by atoms with E-state index in [-0.39, 0.29) is 24.5 Å². The highest BCUT2D eigenvalue weighted by molar-refractivity contribution is 7.98. The molecule has 8 nitrogen and oxygen atoms in total. The predicted octanol–water partition coefficient (Wildman–Crippen LogP) is 2.98. The fraction of sp³-hybridized carbons (Fsp3) is 0.421. The Hall–Kier alpha value is -2.68. The monoisotopic (exact) mass is 402 g/mol. The van der Waals surface area contributed by atoms with Crippen LogP contribution in [0.2, 0.25) is 0 Å². The molecule has 0 spiro atoms. The van der Waals surface area contributed by atoms with Gasteiger partial charge in [-0.05, 0) is 18.6 Å². The third-order valence-corrected chi connectivity index (χ3v) is 5.14. The van der Waals surface area contributed by atoms with Gasteiger partial charge in [-0.2, -0.15) is 4.98 Å². The highest BCUT2D eigenvalue weighted by Crippen LogP contribution is 2.22. The van der Waals surface area contributed by atoms with E-state index < -0.39 is 0 Å². The van der Waals surface area contributed by atoms with Crippen molar-refractivity contribution < 1.29 is 14.1 Å². The molecule has 0 saturated carbocycles. The van der Waals surface area contributed by atoms with Gasteiger partial charge in [-0.25, -0.2) is 4.98 Å². The van der Waals surface area contributed by atoms with Gasteiger partial charge in [0.15, 0.2) is 11.0 Å². The van der Waals surface area contributed by atoms with Gasteiger partial charge in [0.25, 0.3) is 5.56 Å². The van der Waals surface area contributed by atoms with Crippen LogP contribution >= 0.6 is 11.8 Å². The van der Waals surface area contributed by atoms with Crippen molar-refractivity contribution in [1.29, 1.82) is 0 Å². The molecule has 148 valence electrons.